The Morgan fingerprint density at radius 3 is 0.923 bits per heavy atom. The minimum atomic E-state index is -0.0968. The Morgan fingerprint density at radius 2 is 0.538 bits per heavy atom. The van der Waals surface area contributed by atoms with Crippen LogP contribution in [0.3, 0.4) is 0 Å². The first-order chi connectivity index (χ1) is 68.9. The van der Waals surface area contributed by atoms with Crippen molar-refractivity contribution in [3.8, 4) is 67.4 Å². The molecule has 9 aliphatic rings. The lowest BCUT2D eigenvalue weighted by atomic mass is 9.66. The van der Waals surface area contributed by atoms with Crippen molar-refractivity contribution in [2.24, 2.45) is 35.2 Å². The van der Waals surface area contributed by atoms with E-state index in [0.717, 1.165) is 79.7 Å². The molecule has 11 aromatic carbocycles. The van der Waals surface area contributed by atoms with Gasteiger partial charge in [-0.3, -0.25) is 0 Å². The lowest BCUT2D eigenvalue weighted by molar-refractivity contribution is -0.665. The van der Waals surface area contributed by atoms with E-state index in [1.165, 1.54) is 340 Å². The first-order valence-electron chi connectivity index (χ1n) is 55.1. The van der Waals surface area contributed by atoms with Crippen LogP contribution in [0, 0.1) is 122 Å². The summed E-state index contributed by atoms with van der Waals surface area (Å²) < 4.78 is 41.2. The lowest BCUT2D eigenvalue weighted by Gasteiger charge is -2.38. The number of hydrogen-bond donors (Lipinski definition) is 0. The van der Waals surface area contributed by atoms with Gasteiger partial charge in [0.15, 0.2) is 28.5 Å². The van der Waals surface area contributed by atoms with Gasteiger partial charge < -0.3 is 0 Å². The summed E-state index contributed by atoms with van der Waals surface area (Å²) in [6.07, 6.45) is 36.5. The third-order valence-electron chi connectivity index (χ3n) is 36.6. The standard InChI is InChI=1S/C31H34N.C29H34N.C26H30N.2C25H29FN/c1-20-9-8-10-21(2)30(20)26-14-15-28(22(3)17-26)31-29-16-13-25(24-11-6-7-12-24)19-27(29)18-23(4)32(31)5;1-18-14-27-21-8-10-22(11-9-21)28(27)17-26(18)29-25-13-12-23(20-6-4-5-7-20)16-24(25)15-19(2)30(29)3;1-17-13-20-9-6-10-21(20)16-25(17)26-24-12-11-22(19-7-4-5-8-19)15-23(24)14-18(2)27(26)3;1-15-12-23(17(3)18(4)24(15)26)25-22-11-10-20(19-8-6-7-9-19)14-21(22)13-16(2)27(25)5;1-15-12-16(2)24(26)23(18(15)4)25-22-11-10-20(19-8-6-7-9-19)14-21(22)13-17(3)27(25)5/h8-10,13-19,24H,6-7,11-12H2,1-5H3;12-17,20-22H,4-11H2,1-3H3;11-16,19H,4-10H2,1-3H3;2*10-14,19H,6-9H2,1-5H3/q5*+1. The molecule has 5 nitrogen and oxygen atoms in total. The third-order valence-corrected chi connectivity index (χ3v) is 36.6. The zero-order valence-electron chi connectivity index (χ0n) is 90.1. The van der Waals surface area contributed by atoms with Crippen LogP contribution in [0.1, 0.15) is 342 Å². The fraction of sp³-hybridized carbons (Fsp3) is 0.404. The largest absolute Gasteiger partial charge is 0.223 e. The molecule has 143 heavy (non-hydrogen) atoms. The Balaban J connectivity index is 0.000000109. The fourth-order valence-corrected chi connectivity index (χ4v) is 27.6. The van der Waals surface area contributed by atoms with Crippen LogP contribution in [-0.2, 0) is 48.1 Å². The first-order valence-corrected chi connectivity index (χ1v) is 55.1. The molecule has 5 aromatic heterocycles. The average molecular weight is 1900 g/mol. The summed E-state index contributed by atoms with van der Waals surface area (Å²) in [6.45, 7) is 34.1. The number of hydrogen-bond acceptors (Lipinski definition) is 0. The molecule has 16 aromatic rings. The maximum atomic E-state index is 15.3. The van der Waals surface area contributed by atoms with Crippen molar-refractivity contribution in [2.45, 2.75) is 326 Å². The molecule has 0 spiro atoms. The minimum absolute atomic E-state index is 0.0839. The Kier molecular flexibility index (Phi) is 28.4. The monoisotopic (exact) mass is 1900 g/mol. The number of aromatic nitrogens is 5. The average Bonchev–Trinajstić information content (AvgIpc) is 1.10. The topological polar surface area (TPSA) is 19.4 Å². The molecule has 0 radical (unpaired) electrons. The van der Waals surface area contributed by atoms with E-state index in [9.17, 15) is 4.39 Å². The molecule has 7 heteroatoms. The first kappa shape index (κ1) is 98.7. The van der Waals surface area contributed by atoms with Gasteiger partial charge in [-0.15, -0.1) is 0 Å². The van der Waals surface area contributed by atoms with Crippen LogP contribution < -0.4 is 22.8 Å². The van der Waals surface area contributed by atoms with Crippen LogP contribution in [0.2, 0.25) is 0 Å². The van der Waals surface area contributed by atoms with E-state index in [1.54, 1.807) is 33.4 Å². The van der Waals surface area contributed by atoms with Crippen molar-refractivity contribution in [3.05, 3.63) is 345 Å². The van der Waals surface area contributed by atoms with Crippen LogP contribution in [0.4, 0.5) is 8.78 Å². The summed E-state index contributed by atoms with van der Waals surface area (Å²) in [4.78, 5) is 0. The summed E-state index contributed by atoms with van der Waals surface area (Å²) in [5, 5.41) is 13.3. The Bertz CT molecular complexity index is 7640. The fourth-order valence-electron chi connectivity index (χ4n) is 27.6. The zero-order valence-corrected chi connectivity index (χ0v) is 90.1. The van der Waals surface area contributed by atoms with E-state index in [2.05, 4.69) is 309 Å². The second kappa shape index (κ2) is 41.1. The highest BCUT2D eigenvalue weighted by molar-refractivity contribution is 6.00. The van der Waals surface area contributed by atoms with E-state index < -0.39 is 0 Å². The molecular formula is C136H156F2N5+5. The van der Waals surface area contributed by atoms with E-state index in [0.29, 0.717) is 23.0 Å². The molecule has 6 saturated carbocycles. The predicted molar refractivity (Wildman–Crippen MR) is 596 cm³/mol. The zero-order chi connectivity index (χ0) is 99.9. The van der Waals surface area contributed by atoms with Gasteiger partial charge >= 0.3 is 0 Å². The van der Waals surface area contributed by atoms with E-state index in [1.807, 2.05) is 53.8 Å². The maximum Gasteiger partial charge on any atom is 0.223 e. The summed E-state index contributed by atoms with van der Waals surface area (Å²) in [5.41, 5.74) is 47.6. The molecule has 5 heterocycles. The van der Waals surface area contributed by atoms with Gasteiger partial charge in [0, 0.05) is 70.5 Å². The molecular weight excluding hydrogens is 1740 g/mol. The highest BCUT2D eigenvalue weighted by Gasteiger charge is 2.37. The molecule has 734 valence electrons. The van der Waals surface area contributed by atoms with Crippen molar-refractivity contribution in [1.29, 1.82) is 0 Å². The van der Waals surface area contributed by atoms with Gasteiger partial charge in [0.05, 0.1) is 49.2 Å². The Labute approximate surface area is 853 Å². The maximum absolute atomic E-state index is 15.3. The molecule has 0 atom stereocenters. The Morgan fingerprint density at radius 1 is 0.217 bits per heavy atom. The number of halogens is 2. The van der Waals surface area contributed by atoms with Crippen molar-refractivity contribution >= 4 is 53.9 Å². The predicted octanol–water partition coefficient (Wildman–Crippen LogP) is 34.1. The van der Waals surface area contributed by atoms with E-state index >= 15 is 4.39 Å². The number of benzene rings is 11. The molecule has 0 aliphatic heterocycles. The van der Waals surface area contributed by atoms with Crippen molar-refractivity contribution in [3.63, 3.8) is 0 Å². The normalized spacial score (nSPS) is 17.0. The molecule has 0 amide bonds. The molecule has 0 unspecified atom stereocenters. The van der Waals surface area contributed by atoms with Gasteiger partial charge in [-0.2, -0.15) is 22.8 Å². The summed E-state index contributed by atoms with van der Waals surface area (Å²) in [5.74, 6) is 5.11. The van der Waals surface area contributed by atoms with Gasteiger partial charge in [0.25, 0.3) is 0 Å². The lowest BCUT2D eigenvalue weighted by Crippen LogP contribution is -2.35. The SMILES string of the molecule is Cc1cc(-c2c(C)cccc2C)ccc1-c1c2ccc(C3CCCC3)cc2cc(C)[n+]1C.Cc1cc(-c2c3ccc(C4CCCC4)cc3cc(C)[n+]2C)c(C)c(C)c1F.Cc1cc(C)c(F)c(-c2c3ccc(C4CCCC4)cc3cc(C)[n+]2C)c1C.Cc1cc2c(cc1-c1c3ccc(C4CCCC4)cc3cc(C)[n+]1C)C1CCC2CC1.Cc1cc2c(cc1-c1c3ccc(C4CCCC4)cc3cc(C)[n+]1C)CCC2. The quantitative estimate of drug-likeness (QED) is 0.115. The van der Waals surface area contributed by atoms with Gasteiger partial charge in [-0.1, -0.05) is 173 Å². The molecule has 0 saturated heterocycles. The van der Waals surface area contributed by atoms with Gasteiger partial charge in [-0.25, -0.2) is 8.78 Å². The van der Waals surface area contributed by atoms with Crippen LogP contribution in [0.25, 0.3) is 121 Å². The molecule has 6 fully saturated rings. The van der Waals surface area contributed by atoms with Crippen molar-refractivity contribution in [1.82, 2.24) is 0 Å². The summed E-state index contributed by atoms with van der Waals surface area (Å²) in [7, 11) is 10.8. The van der Waals surface area contributed by atoms with Crippen molar-refractivity contribution < 1.29 is 31.6 Å². The van der Waals surface area contributed by atoms with Crippen molar-refractivity contribution in [2.75, 3.05) is 0 Å². The van der Waals surface area contributed by atoms with Gasteiger partial charge in [-0.05, 0) is 431 Å². The van der Waals surface area contributed by atoms with Crippen LogP contribution in [0.5, 0.6) is 0 Å². The van der Waals surface area contributed by atoms with E-state index in [-0.39, 0.29) is 11.6 Å². The molecule has 0 N–H and O–H groups in total. The van der Waals surface area contributed by atoms with Crippen LogP contribution in [-0.4, -0.2) is 0 Å². The minimum Gasteiger partial charge on any atom is -0.206 e. The molecule has 9 aliphatic carbocycles. The van der Waals surface area contributed by atoms with Gasteiger partial charge in [0.1, 0.15) is 46.9 Å². The Hall–Kier alpha value is -11.7. The van der Waals surface area contributed by atoms with Crippen LogP contribution in [0.15, 0.2) is 194 Å². The second-order valence-electron chi connectivity index (χ2n) is 45.7. The molecule has 25 rings (SSSR count). The number of fused-ring (bicyclic) bond motifs is 8. The number of pyridine rings is 5. The van der Waals surface area contributed by atoms with E-state index in [4.69, 9.17) is 0 Å². The third kappa shape index (κ3) is 19.1. The second-order valence-corrected chi connectivity index (χ2v) is 45.7. The van der Waals surface area contributed by atoms with Crippen LogP contribution >= 0.6 is 0 Å². The molecule has 2 bridgehead atoms. The highest BCUT2D eigenvalue weighted by Crippen LogP contribution is 2.53. The smallest absolute Gasteiger partial charge is 0.206 e. The summed E-state index contributed by atoms with van der Waals surface area (Å²) in [6, 6.07) is 74.9. The number of aryl methyl sites for hydroxylation is 15. The number of nitrogens with zero attached hydrogens (tertiary/aromatic N) is 5. The number of rotatable bonds is 11. The van der Waals surface area contributed by atoms with Gasteiger partial charge in [0.2, 0.25) is 28.5 Å². The highest BCUT2D eigenvalue weighted by atomic mass is 19.1. The summed E-state index contributed by atoms with van der Waals surface area (Å²) >= 11 is 0.